The van der Waals surface area contributed by atoms with Crippen molar-refractivity contribution < 1.29 is 13.5 Å². The standard InChI is InChI=1S/C14H19F2N3O.HI/c1-2-17-14(19-11-7-8-11)18-9-10-5-3-4-6-12(10)20-13(15)16;/h3-6,11,13H,2,7-9H2,1H3,(H2,17,18,19);1H. The van der Waals surface area contributed by atoms with Gasteiger partial charge in [-0.1, -0.05) is 18.2 Å². The van der Waals surface area contributed by atoms with Gasteiger partial charge in [-0.25, -0.2) is 4.99 Å². The molecule has 118 valence electrons. The molecule has 2 N–H and O–H groups in total. The summed E-state index contributed by atoms with van der Waals surface area (Å²) < 4.78 is 29.1. The Balaban J connectivity index is 0.00000220. The number of benzene rings is 1. The molecule has 0 heterocycles. The average molecular weight is 411 g/mol. The summed E-state index contributed by atoms with van der Waals surface area (Å²) in [4.78, 5) is 4.40. The molecular formula is C14H20F2IN3O. The van der Waals surface area contributed by atoms with Gasteiger partial charge in [-0.3, -0.25) is 0 Å². The smallest absolute Gasteiger partial charge is 0.387 e. The summed E-state index contributed by atoms with van der Waals surface area (Å²) >= 11 is 0. The van der Waals surface area contributed by atoms with Crippen molar-refractivity contribution in [3.8, 4) is 5.75 Å². The van der Waals surface area contributed by atoms with Crippen molar-refractivity contribution in [3.63, 3.8) is 0 Å². The Labute approximate surface area is 140 Å². The van der Waals surface area contributed by atoms with Crippen LogP contribution in [0.25, 0.3) is 0 Å². The van der Waals surface area contributed by atoms with Gasteiger partial charge in [-0.05, 0) is 25.8 Å². The van der Waals surface area contributed by atoms with Crippen LogP contribution in [-0.2, 0) is 6.54 Å². The SMILES string of the molecule is CCNC(=NCc1ccccc1OC(F)F)NC1CC1.I. The van der Waals surface area contributed by atoms with E-state index >= 15 is 0 Å². The van der Waals surface area contributed by atoms with Crippen LogP contribution in [0.1, 0.15) is 25.3 Å². The monoisotopic (exact) mass is 411 g/mol. The molecule has 1 saturated carbocycles. The number of hydrogen-bond donors (Lipinski definition) is 2. The second-order valence-electron chi connectivity index (χ2n) is 4.60. The third-order valence-electron chi connectivity index (χ3n) is 2.86. The highest BCUT2D eigenvalue weighted by molar-refractivity contribution is 14.0. The van der Waals surface area contributed by atoms with Gasteiger partial charge in [0.2, 0.25) is 0 Å². The molecule has 0 amide bonds. The predicted octanol–water partition coefficient (Wildman–Crippen LogP) is 3.12. The largest absolute Gasteiger partial charge is 0.434 e. The fourth-order valence-corrected chi connectivity index (χ4v) is 1.75. The van der Waals surface area contributed by atoms with Crippen molar-refractivity contribution >= 4 is 29.9 Å². The van der Waals surface area contributed by atoms with Crippen LogP contribution in [0.5, 0.6) is 5.75 Å². The average Bonchev–Trinajstić information content (AvgIpc) is 3.21. The molecule has 0 saturated heterocycles. The maximum Gasteiger partial charge on any atom is 0.387 e. The molecule has 0 aliphatic heterocycles. The quantitative estimate of drug-likeness (QED) is 0.430. The zero-order valence-corrected chi connectivity index (χ0v) is 14.1. The van der Waals surface area contributed by atoms with Crippen molar-refractivity contribution in [3.05, 3.63) is 29.8 Å². The van der Waals surface area contributed by atoms with Gasteiger partial charge in [0.15, 0.2) is 5.96 Å². The Morgan fingerprint density at radius 3 is 2.71 bits per heavy atom. The van der Waals surface area contributed by atoms with Crippen LogP contribution in [0.15, 0.2) is 29.3 Å². The minimum Gasteiger partial charge on any atom is -0.434 e. The van der Waals surface area contributed by atoms with Gasteiger partial charge < -0.3 is 15.4 Å². The molecule has 7 heteroatoms. The van der Waals surface area contributed by atoms with E-state index in [2.05, 4.69) is 20.4 Å². The number of rotatable bonds is 6. The second kappa shape index (κ2) is 9.01. The van der Waals surface area contributed by atoms with Crippen LogP contribution < -0.4 is 15.4 Å². The van der Waals surface area contributed by atoms with Crippen LogP contribution in [0.2, 0.25) is 0 Å². The fourth-order valence-electron chi connectivity index (χ4n) is 1.75. The predicted molar refractivity (Wildman–Crippen MR) is 89.5 cm³/mol. The van der Waals surface area contributed by atoms with E-state index in [1.165, 1.54) is 6.07 Å². The Morgan fingerprint density at radius 1 is 1.38 bits per heavy atom. The Morgan fingerprint density at radius 2 is 2.10 bits per heavy atom. The topological polar surface area (TPSA) is 45.7 Å². The summed E-state index contributed by atoms with van der Waals surface area (Å²) in [5, 5.41) is 6.41. The zero-order valence-electron chi connectivity index (χ0n) is 11.8. The summed E-state index contributed by atoms with van der Waals surface area (Å²) in [5.74, 6) is 0.885. The molecule has 0 spiro atoms. The minimum absolute atomic E-state index is 0. The maximum absolute atomic E-state index is 12.3. The number of nitrogens with one attached hydrogen (secondary N) is 2. The molecule has 0 radical (unpaired) electrons. The van der Waals surface area contributed by atoms with Gasteiger partial charge in [0.1, 0.15) is 5.75 Å². The van der Waals surface area contributed by atoms with Gasteiger partial charge in [0.05, 0.1) is 6.54 Å². The molecule has 4 nitrogen and oxygen atoms in total. The summed E-state index contributed by atoms with van der Waals surface area (Å²) in [6, 6.07) is 7.20. The Hall–Kier alpha value is -1.12. The van der Waals surface area contributed by atoms with E-state index < -0.39 is 6.61 Å². The van der Waals surface area contributed by atoms with Crippen LogP contribution in [0.3, 0.4) is 0 Å². The first-order valence-corrected chi connectivity index (χ1v) is 6.76. The first-order chi connectivity index (χ1) is 9.69. The van der Waals surface area contributed by atoms with Crippen molar-refractivity contribution in [1.29, 1.82) is 0 Å². The molecule has 0 aromatic heterocycles. The maximum atomic E-state index is 12.3. The van der Waals surface area contributed by atoms with Crippen LogP contribution in [0.4, 0.5) is 8.78 Å². The second-order valence-corrected chi connectivity index (χ2v) is 4.60. The minimum atomic E-state index is -2.82. The molecule has 1 aromatic rings. The third kappa shape index (κ3) is 6.45. The van der Waals surface area contributed by atoms with Crippen molar-refractivity contribution in [2.24, 2.45) is 4.99 Å². The lowest BCUT2D eigenvalue weighted by molar-refractivity contribution is -0.0504. The number of alkyl halides is 2. The Bertz CT molecular complexity index is 467. The highest BCUT2D eigenvalue weighted by Crippen LogP contribution is 2.21. The van der Waals surface area contributed by atoms with Gasteiger partial charge in [-0.2, -0.15) is 8.78 Å². The normalized spacial score (nSPS) is 14.6. The van der Waals surface area contributed by atoms with Crippen molar-refractivity contribution in [2.75, 3.05) is 6.54 Å². The molecule has 2 rings (SSSR count). The third-order valence-corrected chi connectivity index (χ3v) is 2.86. The van der Waals surface area contributed by atoms with E-state index in [1.54, 1.807) is 18.2 Å². The molecule has 0 atom stereocenters. The highest BCUT2D eigenvalue weighted by atomic mass is 127. The molecule has 0 unspecified atom stereocenters. The number of halogens is 3. The van der Waals surface area contributed by atoms with E-state index in [1.807, 2.05) is 6.92 Å². The number of hydrogen-bond acceptors (Lipinski definition) is 2. The van der Waals surface area contributed by atoms with Crippen LogP contribution in [-0.4, -0.2) is 25.2 Å². The molecular weight excluding hydrogens is 391 g/mol. The first kappa shape index (κ1) is 17.9. The number of ether oxygens (including phenoxy) is 1. The molecule has 1 aromatic carbocycles. The van der Waals surface area contributed by atoms with Gasteiger partial charge in [0.25, 0.3) is 0 Å². The van der Waals surface area contributed by atoms with Crippen molar-refractivity contribution in [2.45, 2.75) is 39.0 Å². The first-order valence-electron chi connectivity index (χ1n) is 6.76. The van der Waals surface area contributed by atoms with Crippen LogP contribution >= 0.6 is 24.0 Å². The lowest BCUT2D eigenvalue weighted by Gasteiger charge is -2.12. The van der Waals surface area contributed by atoms with Gasteiger partial charge in [-0.15, -0.1) is 24.0 Å². The summed E-state index contributed by atoms with van der Waals surface area (Å²) in [6.45, 7) is 0.217. The fraction of sp³-hybridized carbons (Fsp3) is 0.500. The molecule has 1 aliphatic carbocycles. The summed E-state index contributed by atoms with van der Waals surface area (Å²) in [6.07, 6.45) is 2.30. The lowest BCUT2D eigenvalue weighted by Crippen LogP contribution is -2.38. The number of nitrogens with zero attached hydrogens (tertiary/aromatic N) is 1. The molecule has 0 bridgehead atoms. The van der Waals surface area contributed by atoms with E-state index in [0.717, 1.165) is 19.4 Å². The molecule has 21 heavy (non-hydrogen) atoms. The van der Waals surface area contributed by atoms with E-state index in [4.69, 9.17) is 0 Å². The zero-order chi connectivity index (χ0) is 14.4. The Kier molecular flexibility index (Phi) is 7.69. The number of aliphatic imine (C=N–C) groups is 1. The highest BCUT2D eigenvalue weighted by Gasteiger charge is 2.22. The van der Waals surface area contributed by atoms with E-state index in [0.29, 0.717) is 24.1 Å². The van der Waals surface area contributed by atoms with Crippen molar-refractivity contribution in [1.82, 2.24) is 10.6 Å². The summed E-state index contributed by atoms with van der Waals surface area (Å²) in [5.41, 5.74) is 0.640. The number of para-hydroxylation sites is 1. The van der Waals surface area contributed by atoms with Gasteiger partial charge in [0, 0.05) is 18.2 Å². The summed E-state index contributed by atoms with van der Waals surface area (Å²) in [7, 11) is 0. The molecule has 1 aliphatic rings. The van der Waals surface area contributed by atoms with Crippen LogP contribution in [0, 0.1) is 0 Å². The number of guanidine groups is 1. The van der Waals surface area contributed by atoms with E-state index in [9.17, 15) is 8.78 Å². The lowest BCUT2D eigenvalue weighted by atomic mass is 10.2. The molecule has 1 fully saturated rings. The van der Waals surface area contributed by atoms with Gasteiger partial charge >= 0.3 is 6.61 Å². The van der Waals surface area contributed by atoms with E-state index in [-0.39, 0.29) is 29.7 Å².